The predicted molar refractivity (Wildman–Crippen MR) is 127 cm³/mol. The first-order valence-electron chi connectivity index (χ1n) is 10.5. The van der Waals surface area contributed by atoms with Crippen molar-refractivity contribution in [1.29, 1.82) is 0 Å². The van der Waals surface area contributed by atoms with Crippen molar-refractivity contribution in [2.45, 2.75) is 38.1 Å². The summed E-state index contributed by atoms with van der Waals surface area (Å²) in [6.07, 6.45) is 6.82. The van der Waals surface area contributed by atoms with E-state index in [4.69, 9.17) is 6.42 Å². The minimum atomic E-state index is -3.64. The van der Waals surface area contributed by atoms with Crippen molar-refractivity contribution in [3.63, 3.8) is 0 Å². The summed E-state index contributed by atoms with van der Waals surface area (Å²) in [6.45, 7) is 4.91. The van der Waals surface area contributed by atoms with E-state index in [0.29, 0.717) is 30.7 Å². The maximum Gasteiger partial charge on any atom is 0.252 e. The van der Waals surface area contributed by atoms with Gasteiger partial charge in [0.15, 0.2) is 4.80 Å². The highest BCUT2D eigenvalue weighted by Crippen LogP contribution is 2.26. The average molecular weight is 468 g/mol. The van der Waals surface area contributed by atoms with E-state index >= 15 is 0 Å². The van der Waals surface area contributed by atoms with E-state index in [1.54, 1.807) is 30.3 Å². The molecule has 0 saturated carbocycles. The SMILES string of the molecule is C#CCn1c(=NC(=O)C2CCCN(S(=O)(=O)c3ccccc3)C2)sc2c(C)cc(C)cc21. The van der Waals surface area contributed by atoms with Crippen molar-refractivity contribution in [2.75, 3.05) is 13.1 Å². The number of amides is 1. The molecule has 1 saturated heterocycles. The first kappa shape index (κ1) is 22.5. The zero-order chi connectivity index (χ0) is 22.9. The van der Waals surface area contributed by atoms with Gasteiger partial charge in [-0.05, 0) is 56.0 Å². The van der Waals surface area contributed by atoms with E-state index in [1.807, 2.05) is 18.4 Å². The summed E-state index contributed by atoms with van der Waals surface area (Å²) in [5, 5.41) is 0. The maximum atomic E-state index is 13.1. The lowest BCUT2D eigenvalue weighted by atomic mass is 9.99. The predicted octanol–water partition coefficient (Wildman–Crippen LogP) is 3.48. The summed E-state index contributed by atoms with van der Waals surface area (Å²) in [6, 6.07) is 12.5. The molecule has 166 valence electrons. The molecule has 8 heteroatoms. The second kappa shape index (κ2) is 9.02. The minimum absolute atomic E-state index is 0.137. The van der Waals surface area contributed by atoms with Crippen LogP contribution in [0, 0.1) is 32.1 Å². The molecule has 6 nitrogen and oxygen atoms in total. The number of rotatable bonds is 4. The van der Waals surface area contributed by atoms with Crippen molar-refractivity contribution in [2.24, 2.45) is 10.9 Å². The number of carbonyl (C=O) groups is 1. The molecular formula is C24H25N3O3S2. The number of piperidine rings is 1. The van der Waals surface area contributed by atoms with Gasteiger partial charge in [-0.15, -0.1) is 6.42 Å². The zero-order valence-corrected chi connectivity index (χ0v) is 19.7. The Morgan fingerprint density at radius 1 is 1.25 bits per heavy atom. The smallest absolute Gasteiger partial charge is 0.252 e. The molecular weight excluding hydrogens is 442 g/mol. The number of hydrogen-bond donors (Lipinski definition) is 0. The monoisotopic (exact) mass is 467 g/mol. The van der Waals surface area contributed by atoms with E-state index in [9.17, 15) is 13.2 Å². The molecule has 2 heterocycles. The van der Waals surface area contributed by atoms with Crippen LogP contribution < -0.4 is 4.80 Å². The number of benzene rings is 2. The van der Waals surface area contributed by atoms with Gasteiger partial charge < -0.3 is 4.57 Å². The van der Waals surface area contributed by atoms with Gasteiger partial charge in [-0.2, -0.15) is 9.30 Å². The van der Waals surface area contributed by atoms with Crippen LogP contribution in [0.1, 0.15) is 24.0 Å². The van der Waals surface area contributed by atoms with Crippen molar-refractivity contribution in [3.05, 3.63) is 58.4 Å². The first-order chi connectivity index (χ1) is 15.3. The number of carbonyl (C=O) groups excluding carboxylic acids is 1. The standard InChI is InChI=1S/C24H25N3O3S2/c1-4-12-27-21-15-17(2)14-18(3)22(21)31-24(27)25-23(28)19-9-8-13-26(16-19)32(29,30)20-10-6-5-7-11-20/h1,5-7,10-11,14-15,19H,8-9,12-13,16H2,2-3H3. The van der Waals surface area contributed by atoms with Crippen LogP contribution in [-0.2, 0) is 21.4 Å². The zero-order valence-electron chi connectivity index (χ0n) is 18.1. The molecule has 4 rings (SSSR count). The Labute approximate surface area is 192 Å². The Hall–Kier alpha value is -2.73. The Balaban J connectivity index is 1.67. The van der Waals surface area contributed by atoms with Crippen molar-refractivity contribution < 1.29 is 13.2 Å². The van der Waals surface area contributed by atoms with Crippen molar-refractivity contribution >= 4 is 37.5 Å². The van der Waals surface area contributed by atoms with Crippen LogP contribution in [0.25, 0.3) is 10.2 Å². The number of thiazole rings is 1. The van der Waals surface area contributed by atoms with E-state index in [2.05, 4.69) is 23.0 Å². The van der Waals surface area contributed by atoms with Crippen LogP contribution in [0.5, 0.6) is 0 Å². The second-order valence-electron chi connectivity index (χ2n) is 8.07. The number of aromatic nitrogens is 1. The van der Waals surface area contributed by atoms with E-state index < -0.39 is 15.9 Å². The van der Waals surface area contributed by atoms with E-state index in [1.165, 1.54) is 15.6 Å². The van der Waals surface area contributed by atoms with Gasteiger partial charge in [0, 0.05) is 13.1 Å². The van der Waals surface area contributed by atoms with Crippen LogP contribution in [0.3, 0.4) is 0 Å². The third-order valence-electron chi connectivity index (χ3n) is 5.68. The van der Waals surface area contributed by atoms with Gasteiger partial charge in [0.2, 0.25) is 10.0 Å². The van der Waals surface area contributed by atoms with Gasteiger partial charge in [0.1, 0.15) is 0 Å². The molecule has 0 bridgehead atoms. The fourth-order valence-corrected chi connectivity index (χ4v) is 6.76. The Morgan fingerprint density at radius 3 is 2.72 bits per heavy atom. The number of fused-ring (bicyclic) bond motifs is 1. The van der Waals surface area contributed by atoms with Crippen LogP contribution in [0.4, 0.5) is 0 Å². The molecule has 0 radical (unpaired) electrons. The van der Waals surface area contributed by atoms with Crippen LogP contribution in [0.2, 0.25) is 0 Å². The highest BCUT2D eigenvalue weighted by molar-refractivity contribution is 7.89. The third-order valence-corrected chi connectivity index (χ3v) is 8.79. The minimum Gasteiger partial charge on any atom is -0.305 e. The molecule has 32 heavy (non-hydrogen) atoms. The molecule has 2 aromatic carbocycles. The number of aryl methyl sites for hydroxylation is 2. The molecule has 1 aromatic heterocycles. The molecule has 1 aliphatic rings. The van der Waals surface area contributed by atoms with Gasteiger partial charge in [0.05, 0.1) is 27.6 Å². The fourth-order valence-electron chi connectivity index (χ4n) is 4.13. The molecule has 1 aliphatic heterocycles. The highest BCUT2D eigenvalue weighted by Gasteiger charge is 2.33. The van der Waals surface area contributed by atoms with Crippen LogP contribution in [-0.4, -0.2) is 36.3 Å². The lowest BCUT2D eigenvalue weighted by Crippen LogP contribution is -2.42. The van der Waals surface area contributed by atoms with Gasteiger partial charge in [-0.25, -0.2) is 8.42 Å². The number of nitrogens with zero attached hydrogens (tertiary/aromatic N) is 3. The normalized spacial score (nSPS) is 18.0. The van der Waals surface area contributed by atoms with E-state index in [0.717, 1.165) is 21.3 Å². The number of sulfonamides is 1. The molecule has 3 aromatic rings. The van der Waals surface area contributed by atoms with Gasteiger partial charge >= 0.3 is 0 Å². The van der Waals surface area contributed by atoms with E-state index in [-0.39, 0.29) is 17.3 Å². The maximum absolute atomic E-state index is 13.1. The van der Waals surface area contributed by atoms with Crippen LogP contribution >= 0.6 is 11.3 Å². The molecule has 1 fully saturated rings. The summed E-state index contributed by atoms with van der Waals surface area (Å²) in [7, 11) is -3.64. The summed E-state index contributed by atoms with van der Waals surface area (Å²) < 4.78 is 30.3. The van der Waals surface area contributed by atoms with Gasteiger partial charge in [-0.1, -0.05) is 41.5 Å². The largest absolute Gasteiger partial charge is 0.305 e. The molecule has 1 atom stereocenters. The summed E-state index contributed by atoms with van der Waals surface area (Å²) in [5.74, 6) is 1.87. The van der Waals surface area contributed by atoms with Crippen molar-refractivity contribution in [3.8, 4) is 12.3 Å². The summed E-state index contributed by atoms with van der Waals surface area (Å²) in [4.78, 5) is 18.3. The summed E-state index contributed by atoms with van der Waals surface area (Å²) >= 11 is 1.44. The number of terminal acetylenes is 1. The molecule has 0 spiro atoms. The fraction of sp³-hybridized carbons (Fsp3) is 0.333. The highest BCUT2D eigenvalue weighted by atomic mass is 32.2. The Morgan fingerprint density at radius 2 is 2.00 bits per heavy atom. The lowest BCUT2D eigenvalue weighted by Gasteiger charge is -2.30. The molecule has 0 N–H and O–H groups in total. The van der Waals surface area contributed by atoms with Gasteiger partial charge in [-0.3, -0.25) is 4.79 Å². The average Bonchev–Trinajstić information content (AvgIpc) is 3.12. The summed E-state index contributed by atoms with van der Waals surface area (Å²) in [5.41, 5.74) is 3.20. The van der Waals surface area contributed by atoms with Crippen LogP contribution in [0.15, 0.2) is 52.4 Å². The Kier molecular flexibility index (Phi) is 6.33. The number of hydrogen-bond acceptors (Lipinski definition) is 4. The Bertz CT molecular complexity index is 1380. The quantitative estimate of drug-likeness (QED) is 0.552. The third kappa shape index (κ3) is 4.29. The molecule has 1 unspecified atom stereocenters. The molecule has 1 amide bonds. The van der Waals surface area contributed by atoms with Crippen molar-refractivity contribution in [1.82, 2.24) is 8.87 Å². The first-order valence-corrected chi connectivity index (χ1v) is 12.7. The topological polar surface area (TPSA) is 71.7 Å². The second-order valence-corrected chi connectivity index (χ2v) is 11.0. The van der Waals surface area contributed by atoms with Gasteiger partial charge in [0.25, 0.3) is 5.91 Å². The molecule has 0 aliphatic carbocycles. The lowest BCUT2D eigenvalue weighted by molar-refractivity contribution is -0.122.